The summed E-state index contributed by atoms with van der Waals surface area (Å²) in [6, 6.07) is 18.9. The fourth-order valence-corrected chi connectivity index (χ4v) is 3.88. The summed E-state index contributed by atoms with van der Waals surface area (Å²) >= 11 is 0. The van der Waals surface area contributed by atoms with Crippen LogP contribution in [0.3, 0.4) is 0 Å². The van der Waals surface area contributed by atoms with Gasteiger partial charge in [0, 0.05) is 16.5 Å². The minimum Gasteiger partial charge on any atom is -0.492 e. The second-order valence-corrected chi connectivity index (χ2v) is 8.17. The zero-order valence-electron chi connectivity index (χ0n) is 19.9. The van der Waals surface area contributed by atoms with E-state index >= 15 is 0 Å². The molecule has 11 heteroatoms. The third kappa shape index (κ3) is 6.83. The molecule has 2 amide bonds. The number of rotatable bonds is 10. The van der Waals surface area contributed by atoms with Gasteiger partial charge in [0.05, 0.1) is 6.54 Å². The Hall–Kier alpha value is -4.51. The fourth-order valence-electron chi connectivity index (χ4n) is 3.88. The highest BCUT2D eigenvalue weighted by molar-refractivity contribution is 5.99. The van der Waals surface area contributed by atoms with Crippen molar-refractivity contribution in [3.05, 3.63) is 95.2 Å². The molecular formula is C27H23F3N2O6. The molecule has 0 spiro atoms. The maximum absolute atomic E-state index is 12.9. The molecule has 0 fully saturated rings. The number of aryl methyl sites for hydroxylation is 2. The summed E-state index contributed by atoms with van der Waals surface area (Å²) in [5.41, 5.74) is 3.56. The molecule has 0 aliphatic carbocycles. The molecular weight excluding hydrogens is 505 g/mol. The van der Waals surface area contributed by atoms with Crippen molar-refractivity contribution in [2.24, 2.45) is 0 Å². The van der Waals surface area contributed by atoms with E-state index in [1.807, 2.05) is 12.1 Å². The van der Waals surface area contributed by atoms with Crippen molar-refractivity contribution in [1.29, 1.82) is 0 Å². The molecule has 0 bridgehead atoms. The van der Waals surface area contributed by atoms with Crippen LogP contribution in [0.1, 0.15) is 32.0 Å². The summed E-state index contributed by atoms with van der Waals surface area (Å²) in [6.45, 7) is 0.296. The van der Waals surface area contributed by atoms with Gasteiger partial charge >= 0.3 is 6.36 Å². The van der Waals surface area contributed by atoms with Crippen molar-refractivity contribution in [2.45, 2.75) is 19.2 Å². The molecule has 0 aliphatic rings. The number of halogens is 3. The highest BCUT2D eigenvalue weighted by Gasteiger charge is 2.31. The number of amides is 2. The summed E-state index contributed by atoms with van der Waals surface area (Å²) in [5, 5.41) is 12.1. The molecule has 0 saturated carbocycles. The van der Waals surface area contributed by atoms with Gasteiger partial charge in [-0.15, -0.1) is 13.2 Å². The second kappa shape index (κ2) is 11.7. The molecule has 38 heavy (non-hydrogen) atoms. The maximum Gasteiger partial charge on any atom is 0.573 e. The zero-order chi connectivity index (χ0) is 27.1. The van der Waals surface area contributed by atoms with Gasteiger partial charge in [-0.2, -0.15) is 0 Å². The van der Waals surface area contributed by atoms with E-state index in [4.69, 9.17) is 14.4 Å². The van der Waals surface area contributed by atoms with Gasteiger partial charge in [0.1, 0.15) is 23.7 Å². The first-order chi connectivity index (χ1) is 18.2. The number of carbonyl (C=O) groups is 2. The third-order valence-corrected chi connectivity index (χ3v) is 5.57. The Labute approximate surface area is 214 Å². The van der Waals surface area contributed by atoms with Gasteiger partial charge in [-0.1, -0.05) is 30.3 Å². The van der Waals surface area contributed by atoms with Crippen LogP contribution in [0.2, 0.25) is 0 Å². The van der Waals surface area contributed by atoms with Crippen LogP contribution in [-0.4, -0.2) is 36.5 Å². The summed E-state index contributed by atoms with van der Waals surface area (Å²) in [6.07, 6.45) is -4.08. The Kier molecular flexibility index (Phi) is 8.17. The van der Waals surface area contributed by atoms with Crippen LogP contribution in [-0.2, 0) is 12.8 Å². The molecule has 8 nitrogen and oxygen atoms in total. The Morgan fingerprint density at radius 2 is 1.66 bits per heavy atom. The Morgan fingerprint density at radius 1 is 0.895 bits per heavy atom. The highest BCUT2D eigenvalue weighted by atomic mass is 19.4. The second-order valence-electron chi connectivity index (χ2n) is 8.17. The predicted molar refractivity (Wildman–Crippen MR) is 130 cm³/mol. The molecule has 198 valence electrons. The lowest BCUT2D eigenvalue weighted by molar-refractivity contribution is -0.274. The Bertz CT molecular complexity index is 1420. The molecule has 3 aromatic carbocycles. The lowest BCUT2D eigenvalue weighted by Crippen LogP contribution is -2.28. The van der Waals surface area contributed by atoms with E-state index in [1.54, 1.807) is 35.8 Å². The molecule has 3 N–H and O–H groups in total. The number of alkyl halides is 3. The largest absolute Gasteiger partial charge is 0.573 e. The normalized spacial score (nSPS) is 11.3. The number of hydroxylamine groups is 1. The number of carbonyl (C=O) groups excluding carboxylic acids is 2. The van der Waals surface area contributed by atoms with Crippen molar-refractivity contribution >= 4 is 22.8 Å². The maximum atomic E-state index is 12.9. The first kappa shape index (κ1) is 26.6. The molecule has 4 aromatic rings. The van der Waals surface area contributed by atoms with Crippen LogP contribution in [0.15, 0.2) is 77.2 Å². The minimum absolute atomic E-state index is 0.119. The van der Waals surface area contributed by atoms with Crippen LogP contribution in [0.25, 0.3) is 11.0 Å². The van der Waals surface area contributed by atoms with E-state index in [1.165, 1.54) is 30.3 Å². The van der Waals surface area contributed by atoms with Crippen LogP contribution >= 0.6 is 0 Å². The van der Waals surface area contributed by atoms with Crippen LogP contribution in [0, 0.1) is 0 Å². The van der Waals surface area contributed by atoms with Crippen LogP contribution < -0.4 is 20.3 Å². The summed E-state index contributed by atoms with van der Waals surface area (Å²) in [5.74, 6) is -0.823. The number of hydrogen-bond donors (Lipinski definition) is 3. The molecule has 0 unspecified atom stereocenters. The van der Waals surface area contributed by atoms with Crippen molar-refractivity contribution in [1.82, 2.24) is 10.8 Å². The average molecular weight is 528 g/mol. The van der Waals surface area contributed by atoms with E-state index in [-0.39, 0.29) is 30.2 Å². The third-order valence-electron chi connectivity index (χ3n) is 5.57. The first-order valence-corrected chi connectivity index (χ1v) is 11.5. The predicted octanol–water partition coefficient (Wildman–Crippen LogP) is 5.04. The summed E-state index contributed by atoms with van der Waals surface area (Å²) in [4.78, 5) is 24.3. The quantitative estimate of drug-likeness (QED) is 0.151. The lowest BCUT2D eigenvalue weighted by Gasteiger charge is -2.10. The van der Waals surface area contributed by atoms with Crippen molar-refractivity contribution in [2.75, 3.05) is 13.2 Å². The topological polar surface area (TPSA) is 110 Å². The number of nitrogens with one attached hydrogen (secondary N) is 2. The van der Waals surface area contributed by atoms with E-state index < -0.39 is 18.2 Å². The van der Waals surface area contributed by atoms with Gasteiger partial charge in [0.2, 0.25) is 0 Å². The van der Waals surface area contributed by atoms with Crippen molar-refractivity contribution in [3.8, 4) is 11.5 Å². The first-order valence-electron chi connectivity index (χ1n) is 11.5. The number of furan rings is 1. The molecule has 1 heterocycles. The lowest BCUT2D eigenvalue weighted by atomic mass is 10.0. The van der Waals surface area contributed by atoms with Gasteiger partial charge in [-0.05, 0) is 60.9 Å². The molecule has 0 atom stereocenters. The SMILES string of the molecule is O=C(NO)c1ccc(OCCNC(=O)c2oc3ccccc3c2CCc2cccc(OC(F)(F)F)c2)cc1. The van der Waals surface area contributed by atoms with Crippen molar-refractivity contribution in [3.63, 3.8) is 0 Å². The number of hydrogen-bond acceptors (Lipinski definition) is 6. The zero-order valence-corrected chi connectivity index (χ0v) is 19.9. The van der Waals surface area contributed by atoms with Gasteiger partial charge in [-0.25, -0.2) is 5.48 Å². The molecule has 0 aliphatic heterocycles. The van der Waals surface area contributed by atoms with Gasteiger partial charge < -0.3 is 19.2 Å². The molecule has 0 radical (unpaired) electrons. The summed E-state index contributed by atoms with van der Waals surface area (Å²) < 4.78 is 53.1. The van der Waals surface area contributed by atoms with Crippen molar-refractivity contribution < 1.29 is 41.9 Å². The van der Waals surface area contributed by atoms with E-state index in [0.717, 1.165) is 5.39 Å². The van der Waals surface area contributed by atoms with Gasteiger partial charge in [0.15, 0.2) is 5.76 Å². The fraction of sp³-hybridized carbons (Fsp3) is 0.185. The Balaban J connectivity index is 1.39. The highest BCUT2D eigenvalue weighted by Crippen LogP contribution is 2.28. The molecule has 0 saturated heterocycles. The smallest absolute Gasteiger partial charge is 0.492 e. The minimum atomic E-state index is -4.78. The molecule has 4 rings (SSSR count). The van der Waals surface area contributed by atoms with E-state index in [0.29, 0.717) is 35.3 Å². The van der Waals surface area contributed by atoms with Gasteiger partial charge in [0.25, 0.3) is 11.8 Å². The number of benzene rings is 3. The number of para-hydroxylation sites is 1. The summed E-state index contributed by atoms with van der Waals surface area (Å²) in [7, 11) is 0. The van der Waals surface area contributed by atoms with Crippen LogP contribution in [0.4, 0.5) is 13.2 Å². The monoisotopic (exact) mass is 528 g/mol. The van der Waals surface area contributed by atoms with E-state index in [2.05, 4.69) is 10.1 Å². The standard InChI is InChI=1S/C27H23F3N2O6/c28-27(29,30)38-20-5-3-4-17(16-20)8-13-22-21-6-1-2-7-23(21)37-24(22)26(34)31-14-15-36-19-11-9-18(10-12-19)25(33)32-35/h1-7,9-12,16,35H,8,13-15H2,(H,31,34)(H,32,33). The van der Waals surface area contributed by atoms with Gasteiger partial charge in [-0.3, -0.25) is 14.8 Å². The number of fused-ring (bicyclic) bond motifs is 1. The Morgan fingerprint density at radius 3 is 2.39 bits per heavy atom. The van der Waals surface area contributed by atoms with Crippen LogP contribution in [0.5, 0.6) is 11.5 Å². The molecule has 1 aromatic heterocycles. The average Bonchev–Trinajstić information content (AvgIpc) is 3.27. The number of ether oxygens (including phenoxy) is 2. The van der Waals surface area contributed by atoms with E-state index in [9.17, 15) is 22.8 Å².